The lowest BCUT2D eigenvalue weighted by Crippen LogP contribution is -1.98. The lowest BCUT2D eigenvalue weighted by Gasteiger charge is -2.04. The van der Waals surface area contributed by atoms with Gasteiger partial charge in [-0.05, 0) is 12.5 Å². The summed E-state index contributed by atoms with van der Waals surface area (Å²) < 4.78 is 2.01. The van der Waals surface area contributed by atoms with E-state index in [4.69, 9.17) is 0 Å². The monoisotopic (exact) mass is 265 g/mol. The Hall–Kier alpha value is -1.16. The SMILES string of the molecule is Cc1ccccc1-c1nnc(CBr)n1C. The molecule has 1 aromatic carbocycles. The average molecular weight is 266 g/mol. The van der Waals surface area contributed by atoms with Crippen LogP contribution in [0.3, 0.4) is 0 Å². The highest BCUT2D eigenvalue weighted by atomic mass is 79.9. The molecule has 0 aliphatic rings. The van der Waals surface area contributed by atoms with Crippen LogP contribution in [-0.2, 0) is 12.4 Å². The first-order valence-electron chi connectivity index (χ1n) is 4.74. The van der Waals surface area contributed by atoms with E-state index in [0.717, 1.165) is 22.5 Å². The number of aromatic nitrogens is 3. The molecule has 0 saturated heterocycles. The Balaban J connectivity index is 2.55. The molecule has 3 nitrogen and oxygen atoms in total. The van der Waals surface area contributed by atoms with Crippen molar-refractivity contribution in [1.82, 2.24) is 14.8 Å². The van der Waals surface area contributed by atoms with Gasteiger partial charge in [-0.3, -0.25) is 0 Å². The van der Waals surface area contributed by atoms with Crippen molar-refractivity contribution < 1.29 is 0 Å². The Kier molecular flexibility index (Phi) is 2.86. The number of aryl methyl sites for hydroxylation is 1. The van der Waals surface area contributed by atoms with Crippen molar-refractivity contribution in [2.75, 3.05) is 0 Å². The normalized spacial score (nSPS) is 10.6. The first-order chi connectivity index (χ1) is 7.24. The minimum absolute atomic E-state index is 0.725. The molecule has 78 valence electrons. The predicted molar refractivity (Wildman–Crippen MR) is 63.8 cm³/mol. The third-order valence-corrected chi connectivity index (χ3v) is 2.97. The Bertz CT molecular complexity index is 476. The van der Waals surface area contributed by atoms with Crippen molar-refractivity contribution in [3.05, 3.63) is 35.7 Å². The van der Waals surface area contributed by atoms with Crippen molar-refractivity contribution >= 4 is 15.9 Å². The molecular formula is C11H12BrN3. The van der Waals surface area contributed by atoms with E-state index in [9.17, 15) is 0 Å². The van der Waals surface area contributed by atoms with E-state index < -0.39 is 0 Å². The fourth-order valence-electron chi connectivity index (χ4n) is 1.54. The maximum Gasteiger partial charge on any atom is 0.163 e. The van der Waals surface area contributed by atoms with E-state index in [1.165, 1.54) is 5.56 Å². The molecule has 0 bridgehead atoms. The van der Waals surface area contributed by atoms with Crippen LogP contribution in [0.25, 0.3) is 11.4 Å². The summed E-state index contributed by atoms with van der Waals surface area (Å²) in [5.74, 6) is 1.86. The van der Waals surface area contributed by atoms with Gasteiger partial charge in [0.1, 0.15) is 5.82 Å². The predicted octanol–water partition coefficient (Wildman–Crippen LogP) is 2.69. The van der Waals surface area contributed by atoms with Gasteiger partial charge in [0.2, 0.25) is 0 Å². The number of nitrogens with zero attached hydrogens (tertiary/aromatic N) is 3. The summed E-state index contributed by atoms with van der Waals surface area (Å²) in [7, 11) is 1.98. The number of rotatable bonds is 2. The number of hydrogen-bond donors (Lipinski definition) is 0. The second-order valence-electron chi connectivity index (χ2n) is 3.45. The van der Waals surface area contributed by atoms with Crippen LogP contribution in [0.2, 0.25) is 0 Å². The molecule has 2 aromatic rings. The van der Waals surface area contributed by atoms with E-state index in [1.54, 1.807) is 0 Å². The van der Waals surface area contributed by atoms with Crippen molar-refractivity contribution in [3.8, 4) is 11.4 Å². The Labute approximate surface area is 97.3 Å². The minimum atomic E-state index is 0.725. The van der Waals surface area contributed by atoms with Crippen LogP contribution in [0.5, 0.6) is 0 Å². The van der Waals surface area contributed by atoms with Gasteiger partial charge < -0.3 is 4.57 Å². The largest absolute Gasteiger partial charge is 0.313 e. The summed E-state index contributed by atoms with van der Waals surface area (Å²) in [5.41, 5.74) is 2.36. The lowest BCUT2D eigenvalue weighted by atomic mass is 10.1. The number of alkyl halides is 1. The second kappa shape index (κ2) is 4.14. The molecule has 0 atom stereocenters. The molecule has 1 aromatic heterocycles. The second-order valence-corrected chi connectivity index (χ2v) is 4.01. The van der Waals surface area contributed by atoms with E-state index in [-0.39, 0.29) is 0 Å². The van der Waals surface area contributed by atoms with Gasteiger partial charge in [0.25, 0.3) is 0 Å². The smallest absolute Gasteiger partial charge is 0.163 e. The molecule has 0 fully saturated rings. The summed E-state index contributed by atoms with van der Waals surface area (Å²) in [4.78, 5) is 0. The molecule has 0 N–H and O–H groups in total. The third-order valence-electron chi connectivity index (χ3n) is 2.47. The molecule has 1 heterocycles. The zero-order valence-corrected chi connectivity index (χ0v) is 10.3. The fourth-order valence-corrected chi connectivity index (χ4v) is 2.02. The van der Waals surface area contributed by atoms with Gasteiger partial charge in [0.05, 0.1) is 5.33 Å². The van der Waals surface area contributed by atoms with Crippen LogP contribution < -0.4 is 0 Å². The van der Waals surface area contributed by atoms with Crippen LogP contribution in [0.1, 0.15) is 11.4 Å². The summed E-state index contributed by atoms with van der Waals surface area (Å²) in [6, 6.07) is 8.20. The van der Waals surface area contributed by atoms with Crippen LogP contribution in [0.4, 0.5) is 0 Å². The average Bonchev–Trinajstić information content (AvgIpc) is 2.60. The van der Waals surface area contributed by atoms with Gasteiger partial charge in [-0.1, -0.05) is 40.2 Å². The maximum absolute atomic E-state index is 4.20. The van der Waals surface area contributed by atoms with Crippen LogP contribution in [0.15, 0.2) is 24.3 Å². The van der Waals surface area contributed by atoms with Crippen molar-refractivity contribution in [1.29, 1.82) is 0 Å². The maximum atomic E-state index is 4.20. The zero-order valence-electron chi connectivity index (χ0n) is 8.74. The topological polar surface area (TPSA) is 30.7 Å². The van der Waals surface area contributed by atoms with Gasteiger partial charge in [-0.15, -0.1) is 10.2 Å². The minimum Gasteiger partial charge on any atom is -0.313 e. The van der Waals surface area contributed by atoms with Crippen molar-refractivity contribution in [3.63, 3.8) is 0 Å². The van der Waals surface area contributed by atoms with E-state index in [1.807, 2.05) is 23.7 Å². The van der Waals surface area contributed by atoms with Crippen molar-refractivity contribution in [2.24, 2.45) is 7.05 Å². The molecule has 0 spiro atoms. The Morgan fingerprint density at radius 3 is 2.60 bits per heavy atom. The lowest BCUT2D eigenvalue weighted by molar-refractivity contribution is 0.858. The van der Waals surface area contributed by atoms with Crippen LogP contribution in [0, 0.1) is 6.92 Å². The summed E-state index contributed by atoms with van der Waals surface area (Å²) in [5, 5.41) is 9.04. The van der Waals surface area contributed by atoms with E-state index >= 15 is 0 Å². The zero-order chi connectivity index (χ0) is 10.8. The molecule has 0 amide bonds. The Morgan fingerprint density at radius 2 is 2.00 bits per heavy atom. The highest BCUT2D eigenvalue weighted by molar-refractivity contribution is 9.08. The van der Waals surface area contributed by atoms with Crippen LogP contribution in [-0.4, -0.2) is 14.8 Å². The van der Waals surface area contributed by atoms with Gasteiger partial charge in [0, 0.05) is 12.6 Å². The highest BCUT2D eigenvalue weighted by Crippen LogP contribution is 2.21. The van der Waals surface area contributed by atoms with E-state index in [0.29, 0.717) is 0 Å². The summed E-state index contributed by atoms with van der Waals surface area (Å²) in [6.07, 6.45) is 0. The number of hydrogen-bond acceptors (Lipinski definition) is 2. The van der Waals surface area contributed by atoms with Gasteiger partial charge in [-0.2, -0.15) is 0 Å². The quantitative estimate of drug-likeness (QED) is 0.782. The highest BCUT2D eigenvalue weighted by Gasteiger charge is 2.10. The van der Waals surface area contributed by atoms with Crippen molar-refractivity contribution in [2.45, 2.75) is 12.3 Å². The summed E-state index contributed by atoms with van der Waals surface area (Å²) in [6.45, 7) is 2.08. The number of halogens is 1. The molecule has 0 aliphatic heterocycles. The third kappa shape index (κ3) is 1.81. The molecule has 15 heavy (non-hydrogen) atoms. The summed E-state index contributed by atoms with van der Waals surface area (Å²) >= 11 is 3.39. The first-order valence-corrected chi connectivity index (χ1v) is 5.86. The molecule has 2 rings (SSSR count). The van der Waals surface area contributed by atoms with Gasteiger partial charge in [-0.25, -0.2) is 0 Å². The van der Waals surface area contributed by atoms with Gasteiger partial charge in [0.15, 0.2) is 5.82 Å². The molecule has 0 saturated carbocycles. The molecule has 0 aliphatic carbocycles. The molecular weight excluding hydrogens is 254 g/mol. The first kappa shape index (κ1) is 10.4. The van der Waals surface area contributed by atoms with Gasteiger partial charge >= 0.3 is 0 Å². The van der Waals surface area contributed by atoms with E-state index in [2.05, 4.69) is 45.2 Å². The number of benzene rings is 1. The standard InChI is InChI=1S/C11H12BrN3/c1-8-5-3-4-6-9(8)11-14-13-10(7-12)15(11)2/h3-6H,7H2,1-2H3. The van der Waals surface area contributed by atoms with Crippen LogP contribution >= 0.6 is 15.9 Å². The molecule has 0 unspecified atom stereocenters. The molecule has 4 heteroatoms. The fraction of sp³-hybridized carbons (Fsp3) is 0.273. The Morgan fingerprint density at radius 1 is 1.27 bits per heavy atom. The molecule has 0 radical (unpaired) electrons.